The molecular formula is C17H19N3O5. The summed E-state index contributed by atoms with van der Waals surface area (Å²) in [6, 6.07) is 6.87. The molecule has 8 heteroatoms. The van der Waals surface area contributed by atoms with Crippen LogP contribution >= 0.6 is 0 Å². The fraction of sp³-hybridized carbons (Fsp3) is 0.412. The van der Waals surface area contributed by atoms with Crippen molar-refractivity contribution in [3.05, 3.63) is 46.5 Å². The van der Waals surface area contributed by atoms with Crippen molar-refractivity contribution in [3.63, 3.8) is 0 Å². The molecule has 0 fully saturated rings. The van der Waals surface area contributed by atoms with Gasteiger partial charge in [-0.25, -0.2) is 4.79 Å². The summed E-state index contributed by atoms with van der Waals surface area (Å²) in [6.07, 6.45) is -0.718. The molecule has 0 amide bonds. The van der Waals surface area contributed by atoms with E-state index in [0.29, 0.717) is 16.9 Å². The maximum absolute atomic E-state index is 12.2. The van der Waals surface area contributed by atoms with Crippen molar-refractivity contribution >= 4 is 17.1 Å². The van der Waals surface area contributed by atoms with Gasteiger partial charge in [0.2, 0.25) is 0 Å². The molecule has 2 heterocycles. The minimum atomic E-state index is -0.718. The third-order valence-electron chi connectivity index (χ3n) is 3.63. The van der Waals surface area contributed by atoms with Crippen molar-refractivity contribution in [2.45, 2.75) is 45.8 Å². The molecule has 25 heavy (non-hydrogen) atoms. The Kier molecular flexibility index (Phi) is 4.20. The van der Waals surface area contributed by atoms with Gasteiger partial charge in [0.1, 0.15) is 6.54 Å². The first-order valence-electron chi connectivity index (χ1n) is 7.87. The lowest BCUT2D eigenvalue weighted by molar-refractivity contribution is -0.150. The van der Waals surface area contributed by atoms with Gasteiger partial charge in [0.25, 0.3) is 5.89 Å². The van der Waals surface area contributed by atoms with E-state index < -0.39 is 17.8 Å². The number of aromatic nitrogens is 3. The minimum Gasteiger partial charge on any atom is -0.451 e. The molecule has 3 rings (SSSR count). The van der Waals surface area contributed by atoms with Crippen LogP contribution in [0.2, 0.25) is 0 Å². The van der Waals surface area contributed by atoms with Crippen molar-refractivity contribution in [1.82, 2.24) is 14.7 Å². The second kappa shape index (κ2) is 6.19. The fourth-order valence-corrected chi connectivity index (χ4v) is 2.28. The van der Waals surface area contributed by atoms with Crippen LogP contribution in [0.3, 0.4) is 0 Å². The summed E-state index contributed by atoms with van der Waals surface area (Å²) in [7, 11) is 0. The van der Waals surface area contributed by atoms with Crippen molar-refractivity contribution in [1.29, 1.82) is 0 Å². The molecule has 1 atom stereocenters. The molecule has 8 nitrogen and oxygen atoms in total. The summed E-state index contributed by atoms with van der Waals surface area (Å²) in [6.45, 7) is 7.23. The summed E-state index contributed by atoms with van der Waals surface area (Å²) in [5, 5.41) is 3.90. The molecular weight excluding hydrogens is 326 g/mol. The van der Waals surface area contributed by atoms with E-state index in [1.165, 1.54) is 4.57 Å². The van der Waals surface area contributed by atoms with E-state index in [-0.39, 0.29) is 17.9 Å². The number of hydrogen-bond acceptors (Lipinski definition) is 7. The molecule has 0 aliphatic carbocycles. The molecule has 0 saturated heterocycles. The Balaban J connectivity index is 1.73. The largest absolute Gasteiger partial charge is 0.451 e. The molecule has 0 spiro atoms. The Morgan fingerprint density at radius 3 is 2.72 bits per heavy atom. The molecule has 3 aromatic rings. The van der Waals surface area contributed by atoms with E-state index in [1.807, 2.05) is 20.8 Å². The highest BCUT2D eigenvalue weighted by Gasteiger charge is 2.25. The van der Waals surface area contributed by atoms with E-state index in [1.54, 1.807) is 31.2 Å². The van der Waals surface area contributed by atoms with Crippen molar-refractivity contribution in [3.8, 4) is 0 Å². The smallest absolute Gasteiger partial charge is 0.420 e. The first kappa shape index (κ1) is 16.9. The fourth-order valence-electron chi connectivity index (χ4n) is 2.28. The van der Waals surface area contributed by atoms with Gasteiger partial charge in [-0.3, -0.25) is 9.36 Å². The van der Waals surface area contributed by atoms with Gasteiger partial charge < -0.3 is 13.7 Å². The van der Waals surface area contributed by atoms with Crippen LogP contribution in [0.15, 0.2) is 38.0 Å². The normalized spacial score (nSPS) is 13.1. The van der Waals surface area contributed by atoms with Gasteiger partial charge in [-0.1, -0.05) is 38.1 Å². The predicted molar refractivity (Wildman–Crippen MR) is 88.0 cm³/mol. The van der Waals surface area contributed by atoms with Crippen LogP contribution in [-0.4, -0.2) is 20.7 Å². The van der Waals surface area contributed by atoms with Crippen molar-refractivity contribution in [2.75, 3.05) is 0 Å². The van der Waals surface area contributed by atoms with Crippen LogP contribution in [-0.2, 0) is 21.5 Å². The van der Waals surface area contributed by atoms with E-state index in [9.17, 15) is 9.59 Å². The number of carbonyl (C=O) groups is 1. The number of para-hydroxylation sites is 2. The summed E-state index contributed by atoms with van der Waals surface area (Å²) < 4.78 is 16.8. The molecule has 0 bridgehead atoms. The molecule has 132 valence electrons. The Hall–Kier alpha value is -2.90. The Morgan fingerprint density at radius 1 is 1.32 bits per heavy atom. The highest BCUT2D eigenvalue weighted by molar-refractivity contribution is 5.76. The summed E-state index contributed by atoms with van der Waals surface area (Å²) in [4.78, 5) is 28.3. The number of rotatable bonds is 4. The first-order valence-corrected chi connectivity index (χ1v) is 7.87. The summed E-state index contributed by atoms with van der Waals surface area (Å²) in [5.74, 6) is -0.472. The quantitative estimate of drug-likeness (QED) is 0.670. The third-order valence-corrected chi connectivity index (χ3v) is 3.63. The third kappa shape index (κ3) is 3.47. The van der Waals surface area contributed by atoms with Crippen LogP contribution in [0.5, 0.6) is 0 Å². The molecule has 0 radical (unpaired) electrons. The average Bonchev–Trinajstić information content (AvgIpc) is 3.13. The van der Waals surface area contributed by atoms with Gasteiger partial charge in [-0.15, -0.1) is 0 Å². The Bertz CT molecular complexity index is 960. The van der Waals surface area contributed by atoms with Gasteiger partial charge in [0.05, 0.1) is 5.52 Å². The van der Waals surface area contributed by atoms with E-state index in [2.05, 4.69) is 10.1 Å². The second-order valence-corrected chi connectivity index (χ2v) is 6.76. The Morgan fingerprint density at radius 2 is 2.04 bits per heavy atom. The van der Waals surface area contributed by atoms with Crippen LogP contribution in [0.4, 0.5) is 0 Å². The van der Waals surface area contributed by atoms with Crippen molar-refractivity contribution < 1.29 is 18.5 Å². The van der Waals surface area contributed by atoms with Crippen LogP contribution in [0, 0.1) is 0 Å². The second-order valence-electron chi connectivity index (χ2n) is 6.76. The SMILES string of the molecule is C[C@@H](OC(=O)Cn1c(=O)oc2ccccc21)c1nc(C(C)(C)C)no1. The topological polar surface area (TPSA) is 100 Å². The molecule has 0 N–H and O–H groups in total. The van der Waals surface area contributed by atoms with Gasteiger partial charge in [-0.2, -0.15) is 4.98 Å². The number of esters is 1. The van der Waals surface area contributed by atoms with Gasteiger partial charge in [0.15, 0.2) is 17.5 Å². The standard InChI is InChI=1S/C17H19N3O5/c1-10(14-18-15(19-25-14)17(2,3)4)23-13(21)9-20-11-7-5-6-8-12(11)24-16(20)22/h5-8,10H,9H2,1-4H3/t10-/m1/s1. The van der Waals surface area contributed by atoms with Gasteiger partial charge in [0, 0.05) is 5.41 Å². The molecule has 1 aromatic carbocycles. The molecule has 0 aliphatic heterocycles. The maximum Gasteiger partial charge on any atom is 0.420 e. The number of fused-ring (bicyclic) bond motifs is 1. The van der Waals surface area contributed by atoms with Gasteiger partial charge in [-0.05, 0) is 19.1 Å². The van der Waals surface area contributed by atoms with E-state index >= 15 is 0 Å². The lowest BCUT2D eigenvalue weighted by atomic mass is 9.96. The monoisotopic (exact) mass is 345 g/mol. The number of ether oxygens (including phenoxy) is 1. The maximum atomic E-state index is 12.2. The predicted octanol–water partition coefficient (Wildman–Crippen LogP) is 2.58. The number of hydrogen-bond donors (Lipinski definition) is 0. The summed E-state index contributed by atoms with van der Waals surface area (Å²) in [5.41, 5.74) is 0.680. The zero-order valence-electron chi connectivity index (χ0n) is 14.5. The van der Waals surface area contributed by atoms with E-state index in [0.717, 1.165) is 0 Å². The average molecular weight is 345 g/mol. The highest BCUT2D eigenvalue weighted by Crippen LogP contribution is 2.22. The molecule has 0 saturated carbocycles. The van der Waals surface area contributed by atoms with E-state index in [4.69, 9.17) is 13.7 Å². The van der Waals surface area contributed by atoms with Gasteiger partial charge >= 0.3 is 11.7 Å². The molecule has 0 unspecified atom stereocenters. The number of nitrogens with zero attached hydrogens (tertiary/aromatic N) is 3. The van der Waals surface area contributed by atoms with Crippen LogP contribution < -0.4 is 5.76 Å². The zero-order valence-corrected chi connectivity index (χ0v) is 14.5. The number of carbonyl (C=O) groups excluding carboxylic acids is 1. The molecule has 0 aliphatic rings. The lowest BCUT2D eigenvalue weighted by Crippen LogP contribution is -2.22. The Labute approximate surface area is 143 Å². The number of oxazole rings is 1. The zero-order chi connectivity index (χ0) is 18.2. The van der Waals surface area contributed by atoms with Crippen molar-refractivity contribution in [2.24, 2.45) is 0 Å². The highest BCUT2D eigenvalue weighted by atomic mass is 16.6. The summed E-state index contributed by atoms with van der Waals surface area (Å²) >= 11 is 0. The van der Waals surface area contributed by atoms with Crippen LogP contribution in [0.25, 0.3) is 11.1 Å². The lowest BCUT2D eigenvalue weighted by Gasteiger charge is -2.11. The van der Waals surface area contributed by atoms with Crippen LogP contribution in [0.1, 0.15) is 45.5 Å². The minimum absolute atomic E-state index is 0.211. The molecule has 2 aromatic heterocycles. The first-order chi connectivity index (χ1) is 11.8. The number of benzene rings is 1.